The number of anilines is 2. The average Bonchev–Trinajstić information content (AvgIpc) is 3.20. The highest BCUT2D eigenvalue weighted by Crippen LogP contribution is 2.26. The Hall–Kier alpha value is -3.20. The van der Waals surface area contributed by atoms with Gasteiger partial charge in [-0.1, -0.05) is 0 Å². The third-order valence-electron chi connectivity index (χ3n) is 3.77. The van der Waals surface area contributed by atoms with Gasteiger partial charge in [-0.2, -0.15) is 5.10 Å². The Bertz CT molecular complexity index is 1060. The van der Waals surface area contributed by atoms with Gasteiger partial charge in [-0.25, -0.2) is 13.1 Å². The van der Waals surface area contributed by atoms with E-state index in [1.807, 2.05) is 0 Å². The second kappa shape index (κ2) is 5.71. The van der Waals surface area contributed by atoms with Crippen molar-refractivity contribution in [1.29, 1.82) is 0 Å². The van der Waals surface area contributed by atoms with E-state index in [2.05, 4.69) is 20.1 Å². The van der Waals surface area contributed by atoms with Gasteiger partial charge in [-0.3, -0.25) is 14.5 Å². The summed E-state index contributed by atoms with van der Waals surface area (Å²) in [4.78, 5) is 15.4. The number of nitrogens with one attached hydrogen (secondary N) is 2. The van der Waals surface area contributed by atoms with Crippen molar-refractivity contribution in [2.45, 2.75) is 11.3 Å². The lowest BCUT2D eigenvalue weighted by Crippen LogP contribution is -2.12. The monoisotopic (exact) mass is 355 g/mol. The summed E-state index contributed by atoms with van der Waals surface area (Å²) < 4.78 is 29.2. The number of carbonyl (C=O) groups excluding carboxylic acids is 1. The molecule has 0 saturated carbocycles. The molecule has 126 valence electrons. The summed E-state index contributed by atoms with van der Waals surface area (Å²) in [5.74, 6) is -0.142. The van der Waals surface area contributed by atoms with Crippen molar-refractivity contribution in [3.05, 3.63) is 60.7 Å². The minimum Gasteiger partial charge on any atom is -0.326 e. The Morgan fingerprint density at radius 3 is 2.76 bits per heavy atom. The predicted molar refractivity (Wildman–Crippen MR) is 90.9 cm³/mol. The van der Waals surface area contributed by atoms with Crippen molar-refractivity contribution in [1.82, 2.24) is 14.8 Å². The van der Waals surface area contributed by atoms with E-state index in [4.69, 9.17) is 0 Å². The van der Waals surface area contributed by atoms with Crippen molar-refractivity contribution >= 4 is 27.3 Å². The van der Waals surface area contributed by atoms with Crippen LogP contribution in [0.5, 0.6) is 0 Å². The van der Waals surface area contributed by atoms with Crippen molar-refractivity contribution in [2.75, 3.05) is 10.0 Å². The zero-order chi connectivity index (χ0) is 17.4. The molecule has 9 heteroatoms. The standard InChI is InChI=1S/C16H13N5O3S/c22-16-8-11-7-14(1-2-15(11)19-16)25(23,24)20-12-9-18-21(10-12)13-3-5-17-6-4-13/h1-7,9-10,20H,8H2,(H,19,22). The third kappa shape index (κ3) is 2.96. The average molecular weight is 355 g/mol. The first-order chi connectivity index (χ1) is 12.0. The van der Waals surface area contributed by atoms with Crippen LogP contribution in [0.15, 0.2) is 60.0 Å². The summed E-state index contributed by atoms with van der Waals surface area (Å²) in [6.45, 7) is 0. The van der Waals surface area contributed by atoms with Gasteiger partial charge in [0, 0.05) is 18.1 Å². The van der Waals surface area contributed by atoms with Gasteiger partial charge in [-0.15, -0.1) is 0 Å². The van der Waals surface area contributed by atoms with E-state index in [0.717, 1.165) is 5.69 Å². The highest BCUT2D eigenvalue weighted by atomic mass is 32.2. The van der Waals surface area contributed by atoms with Gasteiger partial charge in [0.05, 0.1) is 35.1 Å². The van der Waals surface area contributed by atoms with Crippen molar-refractivity contribution in [3.8, 4) is 5.69 Å². The van der Waals surface area contributed by atoms with Crippen LogP contribution >= 0.6 is 0 Å². The smallest absolute Gasteiger partial charge is 0.262 e. The first-order valence-corrected chi connectivity index (χ1v) is 8.90. The number of hydrogen-bond donors (Lipinski definition) is 2. The fourth-order valence-corrected chi connectivity index (χ4v) is 3.68. The molecule has 0 aliphatic carbocycles. The molecular weight excluding hydrogens is 342 g/mol. The molecule has 3 heterocycles. The van der Waals surface area contributed by atoms with Crippen LogP contribution in [-0.4, -0.2) is 29.1 Å². The minimum absolute atomic E-state index is 0.0967. The molecular formula is C16H13N5O3S. The number of hydrogen-bond acceptors (Lipinski definition) is 5. The number of pyridine rings is 1. The SMILES string of the molecule is O=C1Cc2cc(S(=O)(=O)Nc3cnn(-c4ccncc4)c3)ccc2N1. The molecule has 1 aliphatic heterocycles. The third-order valence-corrected chi connectivity index (χ3v) is 5.15. The molecule has 0 radical (unpaired) electrons. The quantitative estimate of drug-likeness (QED) is 0.739. The minimum atomic E-state index is -3.78. The molecule has 0 saturated heterocycles. The summed E-state index contributed by atoms with van der Waals surface area (Å²) in [5, 5.41) is 6.81. The lowest BCUT2D eigenvalue weighted by Gasteiger charge is -2.07. The first-order valence-electron chi connectivity index (χ1n) is 7.42. The van der Waals surface area contributed by atoms with Gasteiger partial charge >= 0.3 is 0 Å². The number of aromatic nitrogens is 3. The fraction of sp³-hybridized carbons (Fsp3) is 0.0625. The van der Waals surface area contributed by atoms with E-state index in [-0.39, 0.29) is 17.2 Å². The normalized spacial score (nSPS) is 13.4. The molecule has 3 aromatic rings. The summed E-state index contributed by atoms with van der Waals surface area (Å²) in [6, 6.07) is 8.07. The largest absolute Gasteiger partial charge is 0.326 e. The van der Waals surface area contributed by atoms with E-state index in [0.29, 0.717) is 16.9 Å². The van der Waals surface area contributed by atoms with Crippen LogP contribution in [0, 0.1) is 0 Å². The van der Waals surface area contributed by atoms with E-state index in [9.17, 15) is 13.2 Å². The van der Waals surface area contributed by atoms with Gasteiger partial charge in [0.15, 0.2) is 0 Å². The van der Waals surface area contributed by atoms with Crippen LogP contribution in [0.25, 0.3) is 5.69 Å². The Kier molecular flexibility index (Phi) is 3.50. The van der Waals surface area contributed by atoms with Crippen molar-refractivity contribution in [3.63, 3.8) is 0 Å². The molecule has 0 atom stereocenters. The maximum Gasteiger partial charge on any atom is 0.262 e. The number of amides is 1. The molecule has 1 aromatic carbocycles. The molecule has 2 aromatic heterocycles. The maximum absolute atomic E-state index is 12.6. The predicted octanol–water partition coefficient (Wildman–Crippen LogP) is 1.56. The highest BCUT2D eigenvalue weighted by molar-refractivity contribution is 7.92. The molecule has 0 fully saturated rings. The number of benzene rings is 1. The Labute approximate surface area is 143 Å². The zero-order valence-corrected chi connectivity index (χ0v) is 13.7. The van der Waals surface area contributed by atoms with Crippen LogP contribution in [-0.2, 0) is 21.2 Å². The Morgan fingerprint density at radius 2 is 1.96 bits per heavy atom. The molecule has 0 spiro atoms. The van der Waals surface area contributed by atoms with Crippen molar-refractivity contribution in [2.24, 2.45) is 0 Å². The van der Waals surface area contributed by atoms with E-state index in [1.54, 1.807) is 41.5 Å². The number of rotatable bonds is 4. The molecule has 4 rings (SSSR count). The summed E-state index contributed by atoms with van der Waals surface area (Å²) in [5.41, 5.74) is 2.42. The fourth-order valence-electron chi connectivity index (χ4n) is 2.60. The number of fused-ring (bicyclic) bond motifs is 1. The van der Waals surface area contributed by atoms with Crippen LogP contribution in [0.4, 0.5) is 11.4 Å². The Morgan fingerprint density at radius 1 is 1.16 bits per heavy atom. The van der Waals surface area contributed by atoms with E-state index >= 15 is 0 Å². The van der Waals surface area contributed by atoms with Gasteiger partial charge < -0.3 is 5.32 Å². The molecule has 1 aliphatic rings. The summed E-state index contributed by atoms with van der Waals surface area (Å²) >= 11 is 0. The zero-order valence-electron chi connectivity index (χ0n) is 12.9. The number of sulfonamides is 1. The van der Waals surface area contributed by atoms with Crippen LogP contribution in [0.1, 0.15) is 5.56 Å². The molecule has 0 unspecified atom stereocenters. The van der Waals surface area contributed by atoms with Gasteiger partial charge in [-0.05, 0) is 35.9 Å². The molecule has 1 amide bonds. The first kappa shape index (κ1) is 15.3. The van der Waals surface area contributed by atoms with Gasteiger partial charge in [0.25, 0.3) is 10.0 Å². The maximum atomic E-state index is 12.6. The van der Waals surface area contributed by atoms with Crippen LogP contribution in [0.3, 0.4) is 0 Å². The van der Waals surface area contributed by atoms with Crippen molar-refractivity contribution < 1.29 is 13.2 Å². The lowest BCUT2D eigenvalue weighted by molar-refractivity contribution is -0.115. The number of carbonyl (C=O) groups is 1. The topological polar surface area (TPSA) is 106 Å². The molecule has 25 heavy (non-hydrogen) atoms. The van der Waals surface area contributed by atoms with E-state index in [1.165, 1.54) is 18.3 Å². The lowest BCUT2D eigenvalue weighted by atomic mass is 10.2. The second-order valence-electron chi connectivity index (χ2n) is 5.53. The van der Waals surface area contributed by atoms with Gasteiger partial charge in [0.1, 0.15) is 0 Å². The summed E-state index contributed by atoms with van der Waals surface area (Å²) in [7, 11) is -3.78. The molecule has 8 nitrogen and oxygen atoms in total. The molecule has 2 N–H and O–H groups in total. The molecule has 0 bridgehead atoms. The van der Waals surface area contributed by atoms with E-state index < -0.39 is 10.0 Å². The Balaban J connectivity index is 1.59. The summed E-state index contributed by atoms with van der Waals surface area (Å²) in [6.07, 6.45) is 6.43. The second-order valence-corrected chi connectivity index (χ2v) is 7.21. The van der Waals surface area contributed by atoms with Crippen LogP contribution < -0.4 is 10.0 Å². The van der Waals surface area contributed by atoms with Crippen LogP contribution in [0.2, 0.25) is 0 Å². The van der Waals surface area contributed by atoms with Gasteiger partial charge in [0.2, 0.25) is 5.91 Å². The number of nitrogens with zero attached hydrogens (tertiary/aromatic N) is 3. The highest BCUT2D eigenvalue weighted by Gasteiger charge is 2.22.